The van der Waals surface area contributed by atoms with Crippen molar-refractivity contribution in [1.82, 2.24) is 4.31 Å². The molecule has 0 spiro atoms. The Kier molecular flexibility index (Phi) is 5.37. The molecule has 0 saturated carbocycles. The molecule has 0 rings (SSSR count). The summed E-state index contributed by atoms with van der Waals surface area (Å²) in [6.45, 7) is 1.85. The van der Waals surface area contributed by atoms with Crippen LogP contribution in [0.3, 0.4) is 0 Å². The van der Waals surface area contributed by atoms with E-state index in [0.29, 0.717) is 6.54 Å². The van der Waals surface area contributed by atoms with E-state index in [2.05, 4.69) is 0 Å². The van der Waals surface area contributed by atoms with Crippen molar-refractivity contribution >= 4 is 21.8 Å². The van der Waals surface area contributed by atoms with Gasteiger partial charge in [-0.2, -0.15) is 17.0 Å². The van der Waals surface area contributed by atoms with Crippen LogP contribution in [0.5, 0.6) is 0 Å². The van der Waals surface area contributed by atoms with Crippen LogP contribution in [0.2, 0.25) is 0 Å². The van der Waals surface area contributed by atoms with Gasteiger partial charge in [-0.05, 0) is 13.2 Å². The van der Waals surface area contributed by atoms with Crippen LogP contribution in [-0.4, -0.2) is 43.6 Å². The molecule has 0 saturated heterocycles. The molecule has 0 aromatic carbocycles. The molecular formula is C7H14N2O2S2. The standard InChI is InChI=1S/C7H14N2O2S2/c1-7(6-8)13(10,11)9(2)4-5-12-3/h7H,4-5H2,1-3H3. The molecule has 13 heavy (non-hydrogen) atoms. The molecular weight excluding hydrogens is 208 g/mol. The van der Waals surface area contributed by atoms with E-state index >= 15 is 0 Å². The van der Waals surface area contributed by atoms with Gasteiger partial charge in [-0.1, -0.05) is 0 Å². The van der Waals surface area contributed by atoms with E-state index in [0.717, 1.165) is 5.75 Å². The quantitative estimate of drug-likeness (QED) is 0.680. The van der Waals surface area contributed by atoms with Gasteiger partial charge in [0.15, 0.2) is 5.25 Å². The third-order valence-corrected chi connectivity index (χ3v) is 4.31. The number of nitriles is 1. The van der Waals surface area contributed by atoms with Crippen LogP contribution in [0.1, 0.15) is 6.92 Å². The molecule has 1 atom stereocenters. The van der Waals surface area contributed by atoms with E-state index in [1.54, 1.807) is 17.8 Å². The average molecular weight is 222 g/mol. The summed E-state index contributed by atoms with van der Waals surface area (Å²) in [6, 6.07) is 1.73. The molecule has 0 aliphatic heterocycles. The lowest BCUT2D eigenvalue weighted by molar-refractivity contribution is 0.484. The molecule has 0 radical (unpaired) electrons. The molecule has 0 aliphatic rings. The molecule has 0 N–H and O–H groups in total. The average Bonchev–Trinajstić information content (AvgIpc) is 2.12. The van der Waals surface area contributed by atoms with Crippen molar-refractivity contribution in [2.24, 2.45) is 0 Å². The first-order valence-corrected chi connectivity index (χ1v) is 6.70. The van der Waals surface area contributed by atoms with Gasteiger partial charge in [0, 0.05) is 19.3 Å². The van der Waals surface area contributed by atoms with Gasteiger partial charge in [0.1, 0.15) is 0 Å². The van der Waals surface area contributed by atoms with Crippen LogP contribution in [0, 0.1) is 11.3 Å². The van der Waals surface area contributed by atoms with Gasteiger partial charge in [-0.25, -0.2) is 12.7 Å². The highest BCUT2D eigenvalue weighted by molar-refractivity contribution is 7.98. The predicted octanol–water partition coefficient (Wildman–Crippen LogP) is 0.523. The fraction of sp³-hybridized carbons (Fsp3) is 0.857. The zero-order valence-electron chi connectivity index (χ0n) is 8.02. The monoisotopic (exact) mass is 222 g/mol. The minimum Gasteiger partial charge on any atom is -0.211 e. The van der Waals surface area contributed by atoms with Crippen LogP contribution in [0.4, 0.5) is 0 Å². The van der Waals surface area contributed by atoms with Gasteiger partial charge in [-0.3, -0.25) is 0 Å². The fourth-order valence-electron chi connectivity index (χ4n) is 0.684. The Morgan fingerprint density at radius 1 is 1.62 bits per heavy atom. The minimum atomic E-state index is -3.40. The molecule has 6 heteroatoms. The summed E-state index contributed by atoms with van der Waals surface area (Å²) in [5, 5.41) is 7.52. The lowest BCUT2D eigenvalue weighted by Gasteiger charge is -2.17. The summed E-state index contributed by atoms with van der Waals surface area (Å²) in [5.74, 6) is 0.744. The van der Waals surface area contributed by atoms with Gasteiger partial charge in [0.2, 0.25) is 10.0 Å². The highest BCUT2D eigenvalue weighted by atomic mass is 32.2. The van der Waals surface area contributed by atoms with Gasteiger partial charge in [-0.15, -0.1) is 0 Å². The largest absolute Gasteiger partial charge is 0.229 e. The van der Waals surface area contributed by atoms with E-state index in [1.165, 1.54) is 18.3 Å². The summed E-state index contributed by atoms with van der Waals surface area (Å²) in [6.07, 6.45) is 1.91. The third kappa shape index (κ3) is 3.55. The lowest BCUT2D eigenvalue weighted by atomic mass is 10.5. The lowest BCUT2D eigenvalue weighted by Crippen LogP contribution is -2.35. The number of sulfonamides is 1. The summed E-state index contributed by atoms with van der Waals surface area (Å²) < 4.78 is 24.2. The first kappa shape index (κ1) is 12.8. The van der Waals surface area contributed by atoms with Crippen LogP contribution in [0.15, 0.2) is 0 Å². The number of rotatable bonds is 5. The highest BCUT2D eigenvalue weighted by Crippen LogP contribution is 2.06. The molecule has 0 bridgehead atoms. The Balaban J connectivity index is 4.39. The number of hydrogen-bond acceptors (Lipinski definition) is 4. The van der Waals surface area contributed by atoms with Crippen molar-refractivity contribution in [3.63, 3.8) is 0 Å². The predicted molar refractivity (Wildman–Crippen MR) is 55.0 cm³/mol. The molecule has 1 unspecified atom stereocenters. The summed E-state index contributed by atoms with van der Waals surface area (Å²) in [4.78, 5) is 0. The fourth-order valence-corrected chi connectivity index (χ4v) is 2.27. The van der Waals surface area contributed by atoms with Gasteiger partial charge in [0.05, 0.1) is 6.07 Å². The topological polar surface area (TPSA) is 61.2 Å². The van der Waals surface area contributed by atoms with E-state index < -0.39 is 15.3 Å². The van der Waals surface area contributed by atoms with Crippen molar-refractivity contribution in [3.8, 4) is 6.07 Å². The normalized spacial score (nSPS) is 14.1. The summed E-state index contributed by atoms with van der Waals surface area (Å²) in [5.41, 5.74) is 0. The second kappa shape index (κ2) is 5.47. The SMILES string of the molecule is CSCCN(C)S(=O)(=O)C(C)C#N. The van der Waals surface area contributed by atoms with Crippen molar-refractivity contribution in [2.45, 2.75) is 12.2 Å². The molecule has 0 amide bonds. The van der Waals surface area contributed by atoms with E-state index in [1.807, 2.05) is 6.26 Å². The Hall–Kier alpha value is -0.250. The maximum absolute atomic E-state index is 11.5. The summed E-state index contributed by atoms with van der Waals surface area (Å²) >= 11 is 1.58. The van der Waals surface area contributed by atoms with Crippen molar-refractivity contribution in [2.75, 3.05) is 25.6 Å². The Labute approximate surface area is 84.0 Å². The van der Waals surface area contributed by atoms with Gasteiger partial charge < -0.3 is 0 Å². The van der Waals surface area contributed by atoms with E-state index in [4.69, 9.17) is 5.26 Å². The van der Waals surface area contributed by atoms with E-state index in [9.17, 15) is 8.42 Å². The Morgan fingerprint density at radius 2 is 2.15 bits per heavy atom. The first-order chi connectivity index (χ1) is 5.96. The van der Waals surface area contributed by atoms with Crippen LogP contribution in [0.25, 0.3) is 0 Å². The zero-order chi connectivity index (χ0) is 10.5. The molecule has 0 aliphatic carbocycles. The molecule has 0 aromatic heterocycles. The number of thioether (sulfide) groups is 1. The van der Waals surface area contributed by atoms with Crippen molar-refractivity contribution < 1.29 is 8.42 Å². The maximum atomic E-state index is 11.5. The van der Waals surface area contributed by atoms with Crippen molar-refractivity contribution in [1.29, 1.82) is 5.26 Å². The minimum absolute atomic E-state index is 0.454. The molecule has 76 valence electrons. The summed E-state index contributed by atoms with van der Waals surface area (Å²) in [7, 11) is -1.90. The van der Waals surface area contributed by atoms with Crippen LogP contribution < -0.4 is 0 Å². The zero-order valence-corrected chi connectivity index (χ0v) is 9.65. The molecule has 0 heterocycles. The molecule has 0 aromatic rings. The Morgan fingerprint density at radius 3 is 2.54 bits per heavy atom. The smallest absolute Gasteiger partial charge is 0.211 e. The van der Waals surface area contributed by atoms with Crippen molar-refractivity contribution in [3.05, 3.63) is 0 Å². The van der Waals surface area contributed by atoms with Gasteiger partial charge in [0.25, 0.3) is 0 Å². The van der Waals surface area contributed by atoms with Crippen LogP contribution in [-0.2, 0) is 10.0 Å². The third-order valence-electron chi connectivity index (χ3n) is 1.67. The second-order valence-electron chi connectivity index (χ2n) is 2.63. The van der Waals surface area contributed by atoms with E-state index in [-0.39, 0.29) is 0 Å². The Bertz CT molecular complexity index is 281. The maximum Gasteiger partial charge on any atom is 0.229 e. The molecule has 0 fully saturated rings. The first-order valence-electron chi connectivity index (χ1n) is 3.80. The van der Waals surface area contributed by atoms with Gasteiger partial charge >= 0.3 is 0 Å². The second-order valence-corrected chi connectivity index (χ2v) is 5.98. The number of nitrogens with zero attached hydrogens (tertiary/aromatic N) is 2. The highest BCUT2D eigenvalue weighted by Gasteiger charge is 2.24. The number of hydrogen-bond donors (Lipinski definition) is 0. The van der Waals surface area contributed by atoms with Crippen LogP contribution >= 0.6 is 11.8 Å². The molecule has 4 nitrogen and oxygen atoms in total.